The summed E-state index contributed by atoms with van der Waals surface area (Å²) in [5.41, 5.74) is 18.8. The lowest BCUT2D eigenvalue weighted by molar-refractivity contribution is 0.660. The molecule has 1 unspecified atom stereocenters. The fraction of sp³-hybridized carbons (Fsp3) is 0.0800. The average Bonchev–Trinajstić information content (AvgIpc) is 3.74. The minimum atomic E-state index is -0.528. The van der Waals surface area contributed by atoms with E-state index in [-0.39, 0.29) is 5.41 Å². The smallest absolute Gasteiger partial charge is 0.0746 e. The molecule has 8 aromatic carbocycles. The van der Waals surface area contributed by atoms with Gasteiger partial charge in [0.05, 0.1) is 11.1 Å². The molecule has 1 atom stereocenters. The summed E-state index contributed by atoms with van der Waals surface area (Å²) in [5, 5.41) is 2.52. The number of benzene rings is 8. The maximum atomic E-state index is 3.92. The molecule has 0 saturated carbocycles. The van der Waals surface area contributed by atoms with Crippen molar-refractivity contribution in [2.75, 3.05) is 4.90 Å². The lowest BCUT2D eigenvalue weighted by Crippen LogP contribution is -2.28. The summed E-state index contributed by atoms with van der Waals surface area (Å²) < 4.78 is 1.09. The van der Waals surface area contributed by atoms with Crippen LogP contribution in [-0.2, 0) is 10.8 Å². The van der Waals surface area contributed by atoms with Crippen LogP contribution in [0.25, 0.3) is 44.2 Å². The zero-order chi connectivity index (χ0) is 34.8. The van der Waals surface area contributed by atoms with E-state index in [2.05, 4.69) is 205 Å². The Balaban J connectivity index is 1.30. The van der Waals surface area contributed by atoms with Gasteiger partial charge in [0.15, 0.2) is 0 Å². The highest BCUT2D eigenvalue weighted by Crippen LogP contribution is 2.67. The third-order valence-corrected chi connectivity index (χ3v) is 12.6. The Morgan fingerprint density at radius 1 is 0.442 bits per heavy atom. The van der Waals surface area contributed by atoms with E-state index < -0.39 is 5.41 Å². The number of anilines is 3. The third kappa shape index (κ3) is 3.78. The summed E-state index contributed by atoms with van der Waals surface area (Å²) >= 11 is 3.92. The molecule has 52 heavy (non-hydrogen) atoms. The molecule has 0 radical (unpaired) electrons. The van der Waals surface area contributed by atoms with Crippen LogP contribution in [0.15, 0.2) is 174 Å². The Hall–Kier alpha value is -5.70. The van der Waals surface area contributed by atoms with E-state index in [9.17, 15) is 0 Å². The van der Waals surface area contributed by atoms with Crippen LogP contribution in [0.5, 0.6) is 0 Å². The number of halogens is 1. The number of hydrogen-bond acceptors (Lipinski definition) is 1. The summed E-state index contributed by atoms with van der Waals surface area (Å²) in [6.07, 6.45) is 0. The van der Waals surface area contributed by atoms with E-state index in [1.165, 1.54) is 83.2 Å². The average molecular weight is 729 g/mol. The van der Waals surface area contributed by atoms with Crippen molar-refractivity contribution >= 4 is 43.8 Å². The first kappa shape index (κ1) is 30.0. The normalized spacial score (nSPS) is 16.6. The monoisotopic (exact) mass is 727 g/mol. The molecule has 0 N–H and O–H groups in total. The fourth-order valence-corrected chi connectivity index (χ4v) is 10.3. The molecule has 0 aliphatic heterocycles. The molecule has 0 amide bonds. The van der Waals surface area contributed by atoms with Crippen LogP contribution in [0.1, 0.15) is 47.2 Å². The molecule has 3 aliphatic carbocycles. The van der Waals surface area contributed by atoms with Crippen LogP contribution in [0.3, 0.4) is 0 Å². The van der Waals surface area contributed by atoms with Crippen molar-refractivity contribution in [1.29, 1.82) is 0 Å². The van der Waals surface area contributed by atoms with Crippen LogP contribution in [0.4, 0.5) is 17.1 Å². The van der Waals surface area contributed by atoms with Gasteiger partial charge in [-0.25, -0.2) is 0 Å². The summed E-state index contributed by atoms with van der Waals surface area (Å²) in [6.45, 7) is 4.75. The Kier molecular flexibility index (Phi) is 6.15. The molecule has 0 heterocycles. The molecular weight excluding hydrogens is 694 g/mol. The van der Waals surface area contributed by atoms with Crippen LogP contribution < -0.4 is 4.90 Å². The summed E-state index contributed by atoms with van der Waals surface area (Å²) in [7, 11) is 0. The van der Waals surface area contributed by atoms with Gasteiger partial charge in [0.2, 0.25) is 0 Å². The molecule has 3 aliphatic rings. The lowest BCUT2D eigenvalue weighted by atomic mass is 9.69. The Bertz CT molecular complexity index is 2790. The minimum absolute atomic E-state index is 0.122. The van der Waals surface area contributed by atoms with Crippen LogP contribution in [0, 0.1) is 0 Å². The van der Waals surface area contributed by atoms with Crippen molar-refractivity contribution in [2.24, 2.45) is 0 Å². The molecule has 246 valence electrons. The SMILES string of the molecule is CC1(C)c2ccccc2-c2ccc(N(c3ccccc3)c3cc4ccccc4c4c3C3(c5ccccc5-c5ccc(Br)cc53)c3ccccc3-4)cc21. The number of fused-ring (bicyclic) bond motifs is 15. The third-order valence-electron chi connectivity index (χ3n) is 12.1. The van der Waals surface area contributed by atoms with Crippen molar-refractivity contribution in [3.63, 3.8) is 0 Å². The minimum Gasteiger partial charge on any atom is -0.310 e. The van der Waals surface area contributed by atoms with Gasteiger partial charge in [-0.15, -0.1) is 0 Å². The predicted molar refractivity (Wildman–Crippen MR) is 220 cm³/mol. The van der Waals surface area contributed by atoms with E-state index >= 15 is 0 Å². The lowest BCUT2D eigenvalue weighted by Gasteiger charge is -2.36. The first-order valence-electron chi connectivity index (χ1n) is 18.1. The Morgan fingerprint density at radius 3 is 1.81 bits per heavy atom. The molecule has 0 fully saturated rings. The highest BCUT2D eigenvalue weighted by Gasteiger charge is 2.54. The van der Waals surface area contributed by atoms with Crippen molar-refractivity contribution in [2.45, 2.75) is 24.7 Å². The van der Waals surface area contributed by atoms with E-state index in [1.54, 1.807) is 0 Å². The first-order valence-corrected chi connectivity index (χ1v) is 18.9. The van der Waals surface area contributed by atoms with Gasteiger partial charge < -0.3 is 4.90 Å². The summed E-state index contributed by atoms with van der Waals surface area (Å²) in [6, 6.07) is 63.6. The van der Waals surface area contributed by atoms with E-state index in [4.69, 9.17) is 0 Å². The van der Waals surface area contributed by atoms with Gasteiger partial charge in [0.1, 0.15) is 0 Å². The van der Waals surface area contributed by atoms with Gasteiger partial charge in [-0.2, -0.15) is 0 Å². The molecule has 1 nitrogen and oxygen atoms in total. The molecular formula is C50H34BrN. The van der Waals surface area contributed by atoms with Gasteiger partial charge in [-0.1, -0.05) is 157 Å². The number of rotatable bonds is 3. The van der Waals surface area contributed by atoms with Gasteiger partial charge >= 0.3 is 0 Å². The van der Waals surface area contributed by atoms with Crippen LogP contribution >= 0.6 is 15.9 Å². The van der Waals surface area contributed by atoms with Crippen molar-refractivity contribution < 1.29 is 0 Å². The molecule has 0 saturated heterocycles. The molecule has 2 heteroatoms. The largest absolute Gasteiger partial charge is 0.310 e. The van der Waals surface area contributed by atoms with E-state index in [0.717, 1.165) is 15.8 Å². The molecule has 1 spiro atoms. The maximum absolute atomic E-state index is 3.92. The topological polar surface area (TPSA) is 3.24 Å². The summed E-state index contributed by atoms with van der Waals surface area (Å²) in [4.78, 5) is 2.54. The maximum Gasteiger partial charge on any atom is 0.0746 e. The highest BCUT2D eigenvalue weighted by molar-refractivity contribution is 9.10. The van der Waals surface area contributed by atoms with Crippen molar-refractivity contribution in [3.8, 4) is 33.4 Å². The molecule has 11 rings (SSSR count). The Morgan fingerprint density at radius 2 is 1.02 bits per heavy atom. The first-order chi connectivity index (χ1) is 25.5. The molecule has 0 aromatic heterocycles. The van der Waals surface area contributed by atoms with Gasteiger partial charge in [-0.05, 0) is 114 Å². The van der Waals surface area contributed by atoms with Crippen LogP contribution in [-0.4, -0.2) is 0 Å². The number of nitrogens with zero attached hydrogens (tertiary/aromatic N) is 1. The van der Waals surface area contributed by atoms with Gasteiger partial charge in [0, 0.05) is 26.8 Å². The molecule has 0 bridgehead atoms. The zero-order valence-corrected chi connectivity index (χ0v) is 30.6. The zero-order valence-electron chi connectivity index (χ0n) is 29.0. The van der Waals surface area contributed by atoms with Crippen molar-refractivity contribution in [1.82, 2.24) is 0 Å². The van der Waals surface area contributed by atoms with Gasteiger partial charge in [-0.3, -0.25) is 0 Å². The summed E-state index contributed by atoms with van der Waals surface area (Å²) in [5.74, 6) is 0. The van der Waals surface area contributed by atoms with E-state index in [0.29, 0.717) is 0 Å². The number of para-hydroxylation sites is 1. The second-order valence-electron chi connectivity index (χ2n) is 15.0. The second-order valence-corrected chi connectivity index (χ2v) is 15.9. The standard InChI is InChI=1S/C50H34BrN/c1-49(2)41-21-11-8-18-36(41)38-27-25-34(30-44(38)49)52(33-15-4-3-5-16-33)46-28-31-14-6-7-17-35(31)47-40-20-10-13-23-43(40)50(48(46)47)42-22-12-9-19-37(42)39-26-24-32(51)29-45(39)50/h3-30H,1-2H3. The predicted octanol–water partition coefficient (Wildman–Crippen LogP) is 13.7. The second kappa shape index (κ2) is 10.7. The van der Waals surface area contributed by atoms with Crippen molar-refractivity contribution in [3.05, 3.63) is 208 Å². The van der Waals surface area contributed by atoms with Gasteiger partial charge in [0.25, 0.3) is 0 Å². The molecule has 8 aromatic rings. The fourth-order valence-electron chi connectivity index (χ4n) is 9.98. The Labute approximate surface area is 313 Å². The number of hydrogen-bond donors (Lipinski definition) is 0. The van der Waals surface area contributed by atoms with Crippen LogP contribution in [0.2, 0.25) is 0 Å². The highest BCUT2D eigenvalue weighted by atomic mass is 79.9. The van der Waals surface area contributed by atoms with E-state index in [1.807, 2.05) is 0 Å². The quantitative estimate of drug-likeness (QED) is 0.175.